The topological polar surface area (TPSA) is 52.3 Å². The van der Waals surface area contributed by atoms with E-state index in [4.69, 9.17) is 5.73 Å². The Morgan fingerprint density at radius 3 is 2.67 bits per heavy atom. The molecule has 1 aliphatic carbocycles. The van der Waals surface area contributed by atoms with Crippen LogP contribution in [0.15, 0.2) is 28.7 Å². The minimum Gasteiger partial charge on any atom is -0.468 e. The highest BCUT2D eigenvalue weighted by molar-refractivity contribution is 9.10. The maximum absolute atomic E-state index is 11.4. The Kier molecular flexibility index (Phi) is 2.56. The average Bonchev–Trinajstić information content (AvgIpc) is 2.92. The molecule has 15 heavy (non-hydrogen) atoms. The van der Waals surface area contributed by atoms with Crippen LogP contribution in [0.25, 0.3) is 0 Å². The highest BCUT2D eigenvalue weighted by atomic mass is 79.9. The van der Waals surface area contributed by atoms with Gasteiger partial charge in [-0.3, -0.25) is 4.79 Å². The number of benzene rings is 1. The quantitative estimate of drug-likeness (QED) is 0.834. The van der Waals surface area contributed by atoms with Crippen molar-refractivity contribution in [3.63, 3.8) is 0 Å². The monoisotopic (exact) mass is 269 g/mol. The zero-order valence-corrected chi connectivity index (χ0v) is 9.95. The van der Waals surface area contributed by atoms with Gasteiger partial charge < -0.3 is 10.5 Å². The van der Waals surface area contributed by atoms with Crippen molar-refractivity contribution in [2.75, 3.05) is 7.11 Å². The lowest BCUT2D eigenvalue weighted by atomic mass is 10.1. The zero-order valence-electron chi connectivity index (χ0n) is 8.37. The van der Waals surface area contributed by atoms with Gasteiger partial charge in [0, 0.05) is 10.4 Å². The second kappa shape index (κ2) is 3.61. The second-order valence-corrected chi connectivity index (χ2v) is 4.76. The highest BCUT2D eigenvalue weighted by Crippen LogP contribution is 2.50. The molecule has 2 rings (SSSR count). The van der Waals surface area contributed by atoms with Crippen LogP contribution in [0.5, 0.6) is 0 Å². The second-order valence-electron chi connectivity index (χ2n) is 3.84. The summed E-state index contributed by atoms with van der Waals surface area (Å²) < 4.78 is 5.70. The van der Waals surface area contributed by atoms with Crippen LogP contribution in [-0.4, -0.2) is 18.6 Å². The SMILES string of the molecule is COC(=O)[C@]1(N)C[C@@H]1c1ccc(Br)cc1. The third kappa shape index (κ3) is 1.79. The first-order valence-electron chi connectivity index (χ1n) is 4.70. The summed E-state index contributed by atoms with van der Waals surface area (Å²) in [6, 6.07) is 7.86. The number of hydrogen-bond donors (Lipinski definition) is 1. The number of ether oxygens (including phenoxy) is 1. The first kappa shape index (κ1) is 10.6. The highest BCUT2D eigenvalue weighted by Gasteiger charge is 2.58. The van der Waals surface area contributed by atoms with Crippen LogP contribution in [0.1, 0.15) is 17.9 Å². The standard InChI is InChI=1S/C11H12BrNO2/c1-15-10(14)11(13)6-9(11)7-2-4-8(12)5-3-7/h2-5,9H,6,13H2,1H3/t9-,11+/m1/s1. The van der Waals surface area contributed by atoms with Crippen LogP contribution in [0.2, 0.25) is 0 Å². The van der Waals surface area contributed by atoms with Gasteiger partial charge >= 0.3 is 5.97 Å². The van der Waals surface area contributed by atoms with Crippen LogP contribution in [0.4, 0.5) is 0 Å². The maximum Gasteiger partial charge on any atom is 0.326 e. The number of nitrogens with two attached hydrogens (primary N) is 1. The molecule has 80 valence electrons. The lowest BCUT2D eigenvalue weighted by Gasteiger charge is -2.08. The van der Waals surface area contributed by atoms with Crippen LogP contribution in [-0.2, 0) is 9.53 Å². The lowest BCUT2D eigenvalue weighted by Crippen LogP contribution is -2.35. The van der Waals surface area contributed by atoms with Gasteiger partial charge in [0.1, 0.15) is 5.54 Å². The van der Waals surface area contributed by atoms with Crippen molar-refractivity contribution in [2.45, 2.75) is 17.9 Å². The fourth-order valence-electron chi connectivity index (χ4n) is 1.80. The Balaban J connectivity index is 2.16. The molecule has 0 unspecified atom stereocenters. The molecule has 0 spiro atoms. The van der Waals surface area contributed by atoms with Gasteiger partial charge in [0.2, 0.25) is 0 Å². The Labute approximate surface area is 96.7 Å². The van der Waals surface area contributed by atoms with Crippen molar-refractivity contribution in [1.29, 1.82) is 0 Å². The number of methoxy groups -OCH3 is 1. The summed E-state index contributed by atoms with van der Waals surface area (Å²) in [5, 5.41) is 0. The third-order valence-corrected chi connectivity index (χ3v) is 3.37. The molecule has 1 saturated carbocycles. The van der Waals surface area contributed by atoms with E-state index in [-0.39, 0.29) is 11.9 Å². The Hall–Kier alpha value is -0.870. The van der Waals surface area contributed by atoms with Gasteiger partial charge in [-0.2, -0.15) is 0 Å². The summed E-state index contributed by atoms with van der Waals surface area (Å²) in [6.07, 6.45) is 0.668. The molecule has 1 fully saturated rings. The van der Waals surface area contributed by atoms with E-state index in [9.17, 15) is 4.79 Å². The van der Waals surface area contributed by atoms with E-state index in [0.29, 0.717) is 6.42 Å². The van der Waals surface area contributed by atoms with Crippen molar-refractivity contribution in [3.05, 3.63) is 34.3 Å². The van der Waals surface area contributed by atoms with Crippen LogP contribution in [0, 0.1) is 0 Å². The number of hydrogen-bond acceptors (Lipinski definition) is 3. The van der Waals surface area contributed by atoms with Crippen molar-refractivity contribution in [1.82, 2.24) is 0 Å². The van der Waals surface area contributed by atoms with E-state index >= 15 is 0 Å². The Morgan fingerprint density at radius 1 is 1.53 bits per heavy atom. The molecule has 2 atom stereocenters. The van der Waals surface area contributed by atoms with Crippen molar-refractivity contribution in [3.8, 4) is 0 Å². The van der Waals surface area contributed by atoms with Crippen LogP contribution < -0.4 is 5.73 Å². The van der Waals surface area contributed by atoms with Crippen molar-refractivity contribution < 1.29 is 9.53 Å². The third-order valence-electron chi connectivity index (χ3n) is 2.84. The molecule has 3 nitrogen and oxygen atoms in total. The largest absolute Gasteiger partial charge is 0.468 e. The number of rotatable bonds is 2. The molecule has 0 aromatic heterocycles. The smallest absolute Gasteiger partial charge is 0.326 e. The zero-order chi connectivity index (χ0) is 11.1. The molecular formula is C11H12BrNO2. The van der Waals surface area contributed by atoms with Gasteiger partial charge in [-0.25, -0.2) is 0 Å². The van der Waals surface area contributed by atoms with Gasteiger partial charge in [-0.15, -0.1) is 0 Å². The summed E-state index contributed by atoms with van der Waals surface area (Å²) in [7, 11) is 1.37. The Morgan fingerprint density at radius 2 is 2.13 bits per heavy atom. The van der Waals surface area contributed by atoms with Crippen LogP contribution in [0.3, 0.4) is 0 Å². The van der Waals surface area contributed by atoms with E-state index < -0.39 is 5.54 Å². The fourth-order valence-corrected chi connectivity index (χ4v) is 2.07. The predicted octanol–water partition coefficient (Wildman–Crippen LogP) is 1.81. The van der Waals surface area contributed by atoms with Crippen molar-refractivity contribution in [2.24, 2.45) is 5.73 Å². The molecule has 0 saturated heterocycles. The summed E-state index contributed by atoms with van der Waals surface area (Å²) in [5.74, 6) is -0.228. The summed E-state index contributed by atoms with van der Waals surface area (Å²) in [4.78, 5) is 11.4. The van der Waals surface area contributed by atoms with Crippen LogP contribution >= 0.6 is 15.9 Å². The summed E-state index contributed by atoms with van der Waals surface area (Å²) in [5.41, 5.74) is 6.21. The molecule has 0 amide bonds. The molecule has 0 aliphatic heterocycles. The summed E-state index contributed by atoms with van der Waals surface area (Å²) >= 11 is 3.36. The van der Waals surface area contributed by atoms with E-state index in [1.165, 1.54) is 7.11 Å². The lowest BCUT2D eigenvalue weighted by molar-refractivity contribution is -0.143. The minimum absolute atomic E-state index is 0.0954. The van der Waals surface area contributed by atoms with E-state index in [0.717, 1.165) is 10.0 Å². The average molecular weight is 270 g/mol. The van der Waals surface area contributed by atoms with Gasteiger partial charge in [-0.05, 0) is 24.1 Å². The fraction of sp³-hybridized carbons (Fsp3) is 0.364. The normalized spacial score (nSPS) is 28.6. The molecule has 0 heterocycles. The van der Waals surface area contributed by atoms with E-state index in [1.807, 2.05) is 24.3 Å². The first-order chi connectivity index (χ1) is 7.08. The first-order valence-corrected chi connectivity index (χ1v) is 5.50. The van der Waals surface area contributed by atoms with Crippen molar-refractivity contribution >= 4 is 21.9 Å². The van der Waals surface area contributed by atoms with Gasteiger partial charge in [-0.1, -0.05) is 28.1 Å². The predicted molar refractivity (Wildman–Crippen MR) is 60.4 cm³/mol. The molecule has 2 N–H and O–H groups in total. The Bertz CT molecular complexity index is 390. The molecule has 4 heteroatoms. The number of esters is 1. The molecule has 0 radical (unpaired) electrons. The van der Waals surface area contributed by atoms with Gasteiger partial charge in [0.15, 0.2) is 0 Å². The van der Waals surface area contributed by atoms with E-state index in [1.54, 1.807) is 0 Å². The number of carbonyl (C=O) groups is 1. The molecule has 1 aromatic carbocycles. The van der Waals surface area contributed by atoms with Gasteiger partial charge in [0.25, 0.3) is 0 Å². The molecular weight excluding hydrogens is 258 g/mol. The molecule has 1 aromatic rings. The van der Waals surface area contributed by atoms with E-state index in [2.05, 4.69) is 20.7 Å². The number of carbonyl (C=O) groups excluding carboxylic acids is 1. The number of halogens is 1. The summed E-state index contributed by atoms with van der Waals surface area (Å²) in [6.45, 7) is 0. The molecule has 1 aliphatic rings. The minimum atomic E-state index is -0.803. The maximum atomic E-state index is 11.4. The molecule has 0 bridgehead atoms. The van der Waals surface area contributed by atoms with Gasteiger partial charge in [0.05, 0.1) is 7.11 Å².